The molecule has 0 aromatic carbocycles. The van der Waals surface area contributed by atoms with Crippen molar-refractivity contribution in [2.24, 2.45) is 5.92 Å². The molecule has 1 aliphatic carbocycles. The molecular weight excluding hydrogens is 301 g/mol. The first-order valence-corrected chi connectivity index (χ1v) is 7.71. The Balaban J connectivity index is 2.38. The van der Waals surface area contributed by atoms with E-state index in [9.17, 15) is 30.9 Å². The molecule has 1 saturated carbocycles. The topological polar surface area (TPSA) is 83.5 Å². The van der Waals surface area contributed by atoms with Crippen LogP contribution in [-0.4, -0.2) is 37.0 Å². The van der Waals surface area contributed by atoms with Crippen LogP contribution < -0.4 is 0 Å². The fourth-order valence-corrected chi connectivity index (χ4v) is 2.47. The van der Waals surface area contributed by atoms with Crippen molar-refractivity contribution in [2.45, 2.75) is 50.0 Å². The zero-order valence-electron chi connectivity index (χ0n) is 10.7. The lowest BCUT2D eigenvalue weighted by molar-refractivity contribution is -0.150. The Hall–Kier alpha value is -0.830. The van der Waals surface area contributed by atoms with Crippen LogP contribution in [0.2, 0.25) is 0 Å². The maximum Gasteiger partial charge on any atom is 0.364 e. The summed E-state index contributed by atoms with van der Waals surface area (Å²) in [6.07, 6.45) is -0.178. The van der Waals surface area contributed by atoms with E-state index in [4.69, 9.17) is 0 Å². The number of halogens is 3. The summed E-state index contributed by atoms with van der Waals surface area (Å²) >= 11 is 0. The van der Waals surface area contributed by atoms with Gasteiger partial charge in [-0.2, -0.15) is 8.78 Å². The lowest BCUT2D eigenvalue weighted by Crippen LogP contribution is -2.39. The molecule has 0 aliphatic heterocycles. The minimum Gasteiger partial charge on any atom is -0.743 e. The van der Waals surface area contributed by atoms with E-state index in [1.807, 2.05) is 0 Å². The van der Waals surface area contributed by atoms with E-state index in [-0.39, 0.29) is 5.92 Å². The molecule has 0 N–H and O–H groups in total. The van der Waals surface area contributed by atoms with Crippen molar-refractivity contribution >= 4 is 16.1 Å². The molecule has 9 heteroatoms. The van der Waals surface area contributed by atoms with Crippen LogP contribution in [0.3, 0.4) is 0 Å². The molecule has 0 amide bonds. The highest BCUT2D eigenvalue weighted by Crippen LogP contribution is 2.29. The van der Waals surface area contributed by atoms with Gasteiger partial charge in [-0.1, -0.05) is 19.3 Å². The van der Waals surface area contributed by atoms with Crippen molar-refractivity contribution in [3.63, 3.8) is 0 Å². The fraction of sp³-hybridized carbons (Fsp3) is 0.909. The van der Waals surface area contributed by atoms with Gasteiger partial charge in [0.1, 0.15) is 0 Å². The van der Waals surface area contributed by atoms with Crippen LogP contribution in [0.15, 0.2) is 0 Å². The normalized spacial score (nSPS) is 19.6. The lowest BCUT2D eigenvalue weighted by atomic mass is 9.89. The number of carbonyl (C=O) groups excluding carboxylic acids is 1. The molecule has 0 aromatic rings. The second-order valence-electron chi connectivity index (χ2n) is 4.77. The first-order valence-electron chi connectivity index (χ1n) is 6.30. The number of alkyl halides is 3. The van der Waals surface area contributed by atoms with Crippen LogP contribution in [0.25, 0.3) is 0 Å². The van der Waals surface area contributed by atoms with Gasteiger partial charge in [-0.15, -0.1) is 0 Å². The average Bonchev–Trinajstić information content (AvgIpc) is 2.38. The Labute approximate surface area is 115 Å². The van der Waals surface area contributed by atoms with Gasteiger partial charge in [0.25, 0.3) is 0 Å². The number of rotatable bonds is 6. The number of hydrogen-bond acceptors (Lipinski definition) is 5. The third-order valence-electron chi connectivity index (χ3n) is 3.25. The predicted octanol–water partition coefficient (Wildman–Crippen LogP) is 1.98. The molecule has 118 valence electrons. The maximum atomic E-state index is 13.0. The van der Waals surface area contributed by atoms with Crippen molar-refractivity contribution in [3.05, 3.63) is 0 Å². The van der Waals surface area contributed by atoms with Gasteiger partial charge >= 0.3 is 11.2 Å². The first kappa shape index (κ1) is 17.2. The summed E-state index contributed by atoms with van der Waals surface area (Å²) in [4.78, 5) is 11.5. The minimum atomic E-state index is -6.07. The van der Waals surface area contributed by atoms with Crippen molar-refractivity contribution in [1.29, 1.82) is 0 Å². The molecule has 0 saturated heterocycles. The van der Waals surface area contributed by atoms with E-state index in [1.54, 1.807) is 0 Å². The van der Waals surface area contributed by atoms with Gasteiger partial charge in [-0.05, 0) is 12.8 Å². The average molecular weight is 317 g/mol. The van der Waals surface area contributed by atoms with Crippen LogP contribution in [0.1, 0.15) is 38.5 Å². The molecular formula is C11H16F3O5S-. The molecule has 1 unspecified atom stereocenters. The molecule has 20 heavy (non-hydrogen) atoms. The van der Waals surface area contributed by atoms with E-state index in [0.717, 1.165) is 19.3 Å². The monoisotopic (exact) mass is 317 g/mol. The predicted molar refractivity (Wildman–Crippen MR) is 61.7 cm³/mol. The second kappa shape index (κ2) is 6.75. The summed E-state index contributed by atoms with van der Waals surface area (Å²) in [5.41, 5.74) is 0. The fourth-order valence-electron chi connectivity index (χ4n) is 2.04. The maximum absolute atomic E-state index is 13.0. The highest BCUT2D eigenvalue weighted by Gasteiger charge is 2.47. The van der Waals surface area contributed by atoms with Gasteiger partial charge in [-0.3, -0.25) is 4.79 Å². The second-order valence-corrected chi connectivity index (χ2v) is 6.23. The molecule has 0 bridgehead atoms. The molecule has 0 spiro atoms. The Morgan fingerprint density at radius 3 is 2.35 bits per heavy atom. The molecule has 5 nitrogen and oxygen atoms in total. The van der Waals surface area contributed by atoms with Gasteiger partial charge in [0, 0.05) is 6.42 Å². The summed E-state index contributed by atoms with van der Waals surface area (Å²) in [5.74, 6) is -0.907. The Kier molecular flexibility index (Phi) is 5.81. The smallest absolute Gasteiger partial charge is 0.364 e. The summed E-state index contributed by atoms with van der Waals surface area (Å²) in [6, 6.07) is 0. The summed E-state index contributed by atoms with van der Waals surface area (Å²) in [7, 11) is -6.07. The van der Waals surface area contributed by atoms with Gasteiger partial charge in [0.2, 0.25) is 0 Å². The largest absolute Gasteiger partial charge is 0.743 e. The zero-order valence-corrected chi connectivity index (χ0v) is 11.5. The summed E-state index contributed by atoms with van der Waals surface area (Å²) in [6.45, 7) is -0.679. The highest BCUT2D eigenvalue weighted by molar-refractivity contribution is 7.86. The van der Waals surface area contributed by atoms with Crippen molar-refractivity contribution < 1.29 is 35.7 Å². The van der Waals surface area contributed by atoms with E-state index in [0.29, 0.717) is 12.8 Å². The highest BCUT2D eigenvalue weighted by atomic mass is 32.2. The zero-order chi connectivity index (χ0) is 15.4. The van der Waals surface area contributed by atoms with Crippen LogP contribution in [0, 0.1) is 5.92 Å². The van der Waals surface area contributed by atoms with Gasteiger partial charge in [-0.25, -0.2) is 12.8 Å². The van der Waals surface area contributed by atoms with Crippen LogP contribution in [-0.2, 0) is 19.6 Å². The SMILES string of the molecule is O=C(OCCC(F)C(F)(F)S(=O)(=O)[O-])C1CCCCC1. The third-order valence-corrected chi connectivity index (χ3v) is 4.17. The standard InChI is InChI=1S/C11H17F3O5S/c12-9(11(13,14)20(16,17)18)6-7-19-10(15)8-4-2-1-3-5-8/h8-9H,1-7H2,(H,16,17,18)/p-1. The Bertz CT molecular complexity index is 431. The molecule has 1 rings (SSSR count). The van der Waals surface area contributed by atoms with Crippen LogP contribution >= 0.6 is 0 Å². The third kappa shape index (κ3) is 4.34. The number of ether oxygens (including phenoxy) is 1. The first-order chi connectivity index (χ1) is 9.16. The lowest BCUT2D eigenvalue weighted by Gasteiger charge is -2.24. The minimum absolute atomic E-state index is 0.314. The van der Waals surface area contributed by atoms with Crippen LogP contribution in [0.4, 0.5) is 13.2 Å². The molecule has 0 heterocycles. The van der Waals surface area contributed by atoms with E-state index in [1.165, 1.54) is 0 Å². The molecule has 1 atom stereocenters. The van der Waals surface area contributed by atoms with E-state index < -0.39 is 40.5 Å². The van der Waals surface area contributed by atoms with E-state index >= 15 is 0 Å². The van der Waals surface area contributed by atoms with Gasteiger partial charge < -0.3 is 9.29 Å². The van der Waals surface area contributed by atoms with Gasteiger partial charge in [0.05, 0.1) is 12.5 Å². The molecule has 1 aliphatic rings. The Morgan fingerprint density at radius 1 is 1.30 bits per heavy atom. The number of carbonyl (C=O) groups is 1. The number of hydrogen-bond donors (Lipinski definition) is 0. The quantitative estimate of drug-likeness (QED) is 0.552. The van der Waals surface area contributed by atoms with Crippen LogP contribution in [0.5, 0.6) is 0 Å². The van der Waals surface area contributed by atoms with Crippen molar-refractivity contribution in [1.82, 2.24) is 0 Å². The number of esters is 1. The molecule has 1 fully saturated rings. The van der Waals surface area contributed by atoms with E-state index in [2.05, 4.69) is 4.74 Å². The summed E-state index contributed by atoms with van der Waals surface area (Å²) in [5, 5.41) is -5.01. The van der Waals surface area contributed by atoms with Gasteiger partial charge in [0.15, 0.2) is 16.3 Å². The Morgan fingerprint density at radius 2 is 1.85 bits per heavy atom. The van der Waals surface area contributed by atoms with Crippen molar-refractivity contribution in [2.75, 3.05) is 6.61 Å². The molecule has 0 radical (unpaired) electrons. The van der Waals surface area contributed by atoms with Crippen molar-refractivity contribution in [3.8, 4) is 0 Å². The summed E-state index contributed by atoms with van der Waals surface area (Å²) < 4.78 is 73.8. The molecule has 0 aromatic heterocycles.